The van der Waals surface area contributed by atoms with Crippen LogP contribution in [0.1, 0.15) is 11.1 Å². The summed E-state index contributed by atoms with van der Waals surface area (Å²) < 4.78 is 37.2. The summed E-state index contributed by atoms with van der Waals surface area (Å²) in [6.07, 6.45) is -4.70. The highest BCUT2D eigenvalue weighted by Gasteiger charge is 2.37. The quantitative estimate of drug-likeness (QED) is 0.594. The van der Waals surface area contributed by atoms with Gasteiger partial charge >= 0.3 is 6.18 Å². The van der Waals surface area contributed by atoms with Crippen molar-refractivity contribution in [1.82, 2.24) is 0 Å². The summed E-state index contributed by atoms with van der Waals surface area (Å²) >= 11 is 0. The summed E-state index contributed by atoms with van der Waals surface area (Å²) in [6, 6.07) is 1.38. The third-order valence-electron chi connectivity index (χ3n) is 2.19. The summed E-state index contributed by atoms with van der Waals surface area (Å²) in [4.78, 5) is 11.0. The molecule has 3 N–H and O–H groups in total. The molecule has 1 aliphatic heterocycles. The molecule has 2 rings (SSSR count). The number of anilines is 1. The normalized spacial score (nSPS) is 14.9. The number of aromatic hydroxyl groups is 1. The van der Waals surface area contributed by atoms with Gasteiger partial charge in [0.2, 0.25) is 0 Å². The number of phenols is 1. The number of alkyl halides is 3. The molecule has 0 unspecified atom stereocenters. The van der Waals surface area contributed by atoms with Crippen molar-refractivity contribution in [3.05, 3.63) is 23.3 Å². The number of halogens is 3. The minimum Gasteiger partial charge on any atom is -0.507 e. The third kappa shape index (κ3) is 1.40. The molecule has 0 fully saturated rings. The molecule has 1 heterocycles. The Kier molecular flexibility index (Phi) is 1.94. The maximum atomic E-state index is 12.4. The molecule has 0 bridgehead atoms. The van der Waals surface area contributed by atoms with Crippen LogP contribution in [-0.4, -0.2) is 16.7 Å². The van der Waals surface area contributed by atoms with Gasteiger partial charge in [0.25, 0.3) is 5.91 Å². The van der Waals surface area contributed by atoms with E-state index in [9.17, 15) is 18.0 Å². The fraction of sp³-hybridized carbons (Fsp3) is 0.111. The Morgan fingerprint density at radius 2 is 1.94 bits per heavy atom. The fourth-order valence-corrected chi connectivity index (χ4v) is 1.43. The Hall–Kier alpha value is -2.05. The topological polar surface area (TPSA) is 73.2 Å². The second-order valence-electron chi connectivity index (χ2n) is 3.24. The Bertz CT molecular complexity index is 508. The zero-order valence-electron chi connectivity index (χ0n) is 7.64. The molecule has 7 heteroatoms. The molecule has 16 heavy (non-hydrogen) atoms. The van der Waals surface area contributed by atoms with Crippen molar-refractivity contribution in [1.29, 1.82) is 5.41 Å². The minimum atomic E-state index is -4.70. The van der Waals surface area contributed by atoms with Crippen LogP contribution in [0, 0.1) is 5.41 Å². The minimum absolute atomic E-state index is 0.0319. The van der Waals surface area contributed by atoms with Crippen LogP contribution in [0.2, 0.25) is 0 Å². The molecule has 84 valence electrons. The van der Waals surface area contributed by atoms with Gasteiger partial charge in [-0.25, -0.2) is 0 Å². The molecule has 0 aromatic heterocycles. The summed E-state index contributed by atoms with van der Waals surface area (Å²) in [5.74, 6) is -1.78. The van der Waals surface area contributed by atoms with Crippen LogP contribution in [0.15, 0.2) is 12.1 Å². The van der Waals surface area contributed by atoms with E-state index in [2.05, 4.69) is 5.32 Å². The highest BCUT2D eigenvalue weighted by molar-refractivity contribution is 6.52. The van der Waals surface area contributed by atoms with E-state index in [4.69, 9.17) is 10.5 Å². The molecule has 0 saturated heterocycles. The SMILES string of the molecule is N=C1C(=O)Nc2cc(C(F)(F)F)c(O)cc21. The second kappa shape index (κ2) is 2.97. The fourth-order valence-electron chi connectivity index (χ4n) is 1.43. The van der Waals surface area contributed by atoms with Gasteiger partial charge in [0.15, 0.2) is 0 Å². The van der Waals surface area contributed by atoms with E-state index < -0.39 is 29.1 Å². The number of fused-ring (bicyclic) bond motifs is 1. The molecule has 0 saturated carbocycles. The lowest BCUT2D eigenvalue weighted by Crippen LogP contribution is -2.12. The van der Waals surface area contributed by atoms with E-state index in [-0.39, 0.29) is 11.3 Å². The molecule has 4 nitrogen and oxygen atoms in total. The number of hydrogen-bond donors (Lipinski definition) is 3. The van der Waals surface area contributed by atoms with Crippen LogP contribution in [0.5, 0.6) is 5.75 Å². The van der Waals surface area contributed by atoms with E-state index in [0.29, 0.717) is 6.07 Å². The van der Waals surface area contributed by atoms with Gasteiger partial charge < -0.3 is 10.4 Å². The third-order valence-corrected chi connectivity index (χ3v) is 2.19. The first kappa shape index (κ1) is 10.5. The lowest BCUT2D eigenvalue weighted by atomic mass is 10.1. The Labute approximate surface area is 87.2 Å². The summed E-state index contributed by atoms with van der Waals surface area (Å²) in [6.45, 7) is 0. The summed E-state index contributed by atoms with van der Waals surface area (Å²) in [7, 11) is 0. The van der Waals surface area contributed by atoms with Gasteiger partial charge in [0.1, 0.15) is 11.5 Å². The van der Waals surface area contributed by atoms with Gasteiger partial charge in [0.05, 0.1) is 11.3 Å². The van der Waals surface area contributed by atoms with E-state index in [0.717, 1.165) is 6.07 Å². The molecule has 1 aromatic rings. The van der Waals surface area contributed by atoms with E-state index in [1.54, 1.807) is 0 Å². The van der Waals surface area contributed by atoms with E-state index >= 15 is 0 Å². The van der Waals surface area contributed by atoms with Gasteiger partial charge in [-0.2, -0.15) is 13.2 Å². The average molecular weight is 230 g/mol. The van der Waals surface area contributed by atoms with Crippen LogP contribution in [0.3, 0.4) is 0 Å². The standard InChI is InChI=1S/C9H5F3N2O2/c10-9(11,12)4-2-5-3(1-6(4)15)7(13)8(16)14-5/h1-2,15H,(H2,13,14,16). The number of carbonyl (C=O) groups excluding carboxylic acids is 1. The molecular formula is C9H5F3N2O2. The van der Waals surface area contributed by atoms with Gasteiger partial charge in [-0.15, -0.1) is 0 Å². The number of phenolic OH excluding ortho intramolecular Hbond substituents is 1. The van der Waals surface area contributed by atoms with Gasteiger partial charge in [0, 0.05) is 5.56 Å². The highest BCUT2D eigenvalue weighted by atomic mass is 19.4. The van der Waals surface area contributed by atoms with Crippen molar-refractivity contribution >= 4 is 17.3 Å². The Balaban J connectivity index is 2.62. The van der Waals surface area contributed by atoms with E-state index in [1.165, 1.54) is 0 Å². The number of amides is 1. The van der Waals surface area contributed by atoms with Gasteiger partial charge in [-0.05, 0) is 12.1 Å². The van der Waals surface area contributed by atoms with Crippen molar-refractivity contribution in [2.45, 2.75) is 6.18 Å². The Morgan fingerprint density at radius 3 is 2.50 bits per heavy atom. The van der Waals surface area contributed by atoms with Crippen LogP contribution in [-0.2, 0) is 11.0 Å². The lowest BCUT2D eigenvalue weighted by Gasteiger charge is -2.10. The lowest BCUT2D eigenvalue weighted by molar-refractivity contribution is -0.138. The summed E-state index contributed by atoms with van der Waals surface area (Å²) in [5.41, 5.74) is -1.84. The van der Waals surface area contributed by atoms with Crippen molar-refractivity contribution in [2.75, 3.05) is 5.32 Å². The maximum Gasteiger partial charge on any atom is 0.420 e. The van der Waals surface area contributed by atoms with Gasteiger partial charge in [-0.3, -0.25) is 10.2 Å². The molecule has 1 amide bonds. The molecule has 0 aliphatic carbocycles. The van der Waals surface area contributed by atoms with Crippen LogP contribution < -0.4 is 5.32 Å². The predicted octanol–water partition coefficient (Wildman–Crippen LogP) is 1.73. The first-order valence-electron chi connectivity index (χ1n) is 4.15. The molecule has 1 aromatic carbocycles. The molecule has 0 spiro atoms. The van der Waals surface area contributed by atoms with Gasteiger partial charge in [-0.1, -0.05) is 0 Å². The predicted molar refractivity (Wildman–Crippen MR) is 48.6 cm³/mol. The highest BCUT2D eigenvalue weighted by Crippen LogP contribution is 2.40. The number of nitrogens with one attached hydrogen (secondary N) is 2. The average Bonchev–Trinajstić information content (AvgIpc) is 2.41. The molecule has 0 atom stereocenters. The monoisotopic (exact) mass is 230 g/mol. The van der Waals surface area contributed by atoms with Crippen LogP contribution >= 0.6 is 0 Å². The summed E-state index contributed by atoms with van der Waals surface area (Å²) in [5, 5.41) is 18.5. The van der Waals surface area contributed by atoms with Crippen molar-refractivity contribution in [3.8, 4) is 5.75 Å². The number of hydrogen-bond acceptors (Lipinski definition) is 3. The second-order valence-corrected chi connectivity index (χ2v) is 3.24. The first-order valence-corrected chi connectivity index (χ1v) is 4.15. The number of benzene rings is 1. The molecular weight excluding hydrogens is 225 g/mol. The van der Waals surface area contributed by atoms with Crippen molar-refractivity contribution in [2.24, 2.45) is 0 Å². The zero-order chi connectivity index (χ0) is 12.1. The zero-order valence-corrected chi connectivity index (χ0v) is 7.64. The van der Waals surface area contributed by atoms with E-state index in [1.807, 2.05) is 0 Å². The molecule has 0 radical (unpaired) electrons. The number of rotatable bonds is 0. The largest absolute Gasteiger partial charge is 0.507 e. The molecule has 1 aliphatic rings. The number of carbonyl (C=O) groups is 1. The Morgan fingerprint density at radius 1 is 1.31 bits per heavy atom. The van der Waals surface area contributed by atoms with Crippen molar-refractivity contribution in [3.63, 3.8) is 0 Å². The smallest absolute Gasteiger partial charge is 0.420 e. The first-order chi connectivity index (χ1) is 7.30. The van der Waals surface area contributed by atoms with Crippen LogP contribution in [0.4, 0.5) is 18.9 Å². The van der Waals surface area contributed by atoms with Crippen molar-refractivity contribution < 1.29 is 23.1 Å². The van der Waals surface area contributed by atoms with Crippen LogP contribution in [0.25, 0.3) is 0 Å². The maximum absolute atomic E-state index is 12.4.